The molecule has 1 aromatic carbocycles. The Kier molecular flexibility index (Phi) is 5.34. The molecular formula is C15H19N3O3. The van der Waals surface area contributed by atoms with E-state index in [1.165, 1.54) is 0 Å². The van der Waals surface area contributed by atoms with Gasteiger partial charge in [-0.25, -0.2) is 4.98 Å². The highest BCUT2D eigenvalue weighted by Gasteiger charge is 2.05. The molecule has 0 saturated carbocycles. The molecule has 112 valence electrons. The van der Waals surface area contributed by atoms with Crippen molar-refractivity contribution in [2.45, 2.75) is 19.9 Å². The Balaban J connectivity index is 1.85. The van der Waals surface area contributed by atoms with Gasteiger partial charge >= 0.3 is 0 Å². The molecule has 2 rings (SSSR count). The van der Waals surface area contributed by atoms with Crippen molar-refractivity contribution < 1.29 is 14.3 Å². The predicted octanol–water partition coefficient (Wildman–Crippen LogP) is 1.71. The molecule has 0 radical (unpaired) electrons. The molecule has 6 nitrogen and oxygen atoms in total. The summed E-state index contributed by atoms with van der Waals surface area (Å²) in [5.41, 5.74) is 1.48. The van der Waals surface area contributed by atoms with Crippen LogP contribution in [0.3, 0.4) is 0 Å². The van der Waals surface area contributed by atoms with Crippen LogP contribution in [-0.2, 0) is 6.54 Å². The van der Waals surface area contributed by atoms with Crippen LogP contribution in [0.25, 0.3) is 0 Å². The Hall–Kier alpha value is -2.34. The summed E-state index contributed by atoms with van der Waals surface area (Å²) in [4.78, 5) is 15.9. The second-order valence-corrected chi connectivity index (χ2v) is 4.63. The van der Waals surface area contributed by atoms with E-state index in [-0.39, 0.29) is 12.5 Å². The first-order chi connectivity index (χ1) is 10.2. The first-order valence-corrected chi connectivity index (χ1v) is 6.83. The van der Waals surface area contributed by atoms with Crippen molar-refractivity contribution in [2.75, 3.05) is 18.5 Å². The van der Waals surface area contributed by atoms with Crippen molar-refractivity contribution in [1.82, 2.24) is 10.3 Å². The van der Waals surface area contributed by atoms with Crippen LogP contribution in [0.5, 0.6) is 0 Å². The molecule has 1 aromatic heterocycles. The smallest absolute Gasteiger partial charge is 0.251 e. The molecule has 21 heavy (non-hydrogen) atoms. The van der Waals surface area contributed by atoms with E-state index in [0.29, 0.717) is 31.0 Å². The minimum Gasteiger partial charge on any atom is -0.444 e. The molecule has 0 aliphatic rings. The van der Waals surface area contributed by atoms with Gasteiger partial charge in [0.15, 0.2) is 0 Å². The Morgan fingerprint density at radius 3 is 2.71 bits per heavy atom. The van der Waals surface area contributed by atoms with Crippen molar-refractivity contribution in [3.63, 3.8) is 0 Å². The number of hydrogen-bond acceptors (Lipinski definition) is 5. The standard InChI is InChI=1S/C15H19N3O3/c1-11-9-18-14(21-11)10-17-13-5-3-12(4-6-13)15(20)16-7-2-8-19/h3-6,9,17,19H,2,7-8,10H2,1H3,(H,16,20). The van der Waals surface area contributed by atoms with Crippen LogP contribution in [-0.4, -0.2) is 29.1 Å². The molecule has 1 heterocycles. The maximum absolute atomic E-state index is 11.8. The van der Waals surface area contributed by atoms with Gasteiger partial charge in [-0.05, 0) is 37.6 Å². The van der Waals surface area contributed by atoms with Crippen molar-refractivity contribution in [3.8, 4) is 0 Å². The fraction of sp³-hybridized carbons (Fsp3) is 0.333. The number of benzene rings is 1. The van der Waals surface area contributed by atoms with E-state index < -0.39 is 0 Å². The minimum atomic E-state index is -0.140. The van der Waals surface area contributed by atoms with Crippen LogP contribution in [0.15, 0.2) is 34.9 Å². The number of aliphatic hydroxyl groups excluding tert-OH is 1. The summed E-state index contributed by atoms with van der Waals surface area (Å²) in [7, 11) is 0. The van der Waals surface area contributed by atoms with Gasteiger partial charge in [0.1, 0.15) is 5.76 Å². The molecule has 0 bridgehead atoms. The predicted molar refractivity (Wildman–Crippen MR) is 79.0 cm³/mol. The number of nitrogens with one attached hydrogen (secondary N) is 2. The lowest BCUT2D eigenvalue weighted by molar-refractivity contribution is 0.0951. The molecule has 0 aliphatic carbocycles. The highest BCUT2D eigenvalue weighted by Crippen LogP contribution is 2.11. The topological polar surface area (TPSA) is 87.4 Å². The summed E-state index contributed by atoms with van der Waals surface area (Å²) in [5, 5.41) is 14.6. The van der Waals surface area contributed by atoms with E-state index >= 15 is 0 Å². The molecule has 6 heteroatoms. The van der Waals surface area contributed by atoms with Crippen molar-refractivity contribution >= 4 is 11.6 Å². The number of aryl methyl sites for hydroxylation is 1. The average molecular weight is 289 g/mol. The maximum atomic E-state index is 11.8. The lowest BCUT2D eigenvalue weighted by Crippen LogP contribution is -2.24. The van der Waals surface area contributed by atoms with Crippen LogP contribution in [0.1, 0.15) is 28.4 Å². The summed E-state index contributed by atoms with van der Waals surface area (Å²) >= 11 is 0. The van der Waals surface area contributed by atoms with Crippen LogP contribution < -0.4 is 10.6 Å². The zero-order valence-electron chi connectivity index (χ0n) is 11.9. The molecule has 2 aromatic rings. The summed E-state index contributed by atoms with van der Waals surface area (Å²) in [6.45, 7) is 2.89. The van der Waals surface area contributed by atoms with Crippen molar-refractivity contribution in [1.29, 1.82) is 0 Å². The number of oxazole rings is 1. The molecule has 0 saturated heterocycles. The third-order valence-corrected chi connectivity index (χ3v) is 2.88. The minimum absolute atomic E-state index is 0.0728. The highest BCUT2D eigenvalue weighted by molar-refractivity contribution is 5.94. The highest BCUT2D eigenvalue weighted by atomic mass is 16.4. The Labute approximate surface area is 123 Å². The number of amides is 1. The average Bonchev–Trinajstić information content (AvgIpc) is 2.91. The summed E-state index contributed by atoms with van der Waals surface area (Å²) < 4.78 is 5.36. The number of anilines is 1. The van der Waals surface area contributed by atoms with Crippen molar-refractivity contribution in [2.24, 2.45) is 0 Å². The Morgan fingerprint density at radius 1 is 1.33 bits per heavy atom. The fourth-order valence-electron chi connectivity index (χ4n) is 1.78. The number of rotatable bonds is 7. The largest absolute Gasteiger partial charge is 0.444 e. The molecule has 0 atom stereocenters. The molecule has 3 N–H and O–H groups in total. The van der Waals surface area contributed by atoms with Crippen molar-refractivity contribution in [3.05, 3.63) is 47.7 Å². The van der Waals surface area contributed by atoms with E-state index in [9.17, 15) is 4.79 Å². The summed E-state index contributed by atoms with van der Waals surface area (Å²) in [5.74, 6) is 1.26. The summed E-state index contributed by atoms with van der Waals surface area (Å²) in [6, 6.07) is 7.16. The van der Waals surface area contributed by atoms with Gasteiger partial charge in [0.2, 0.25) is 5.89 Å². The molecule has 1 amide bonds. The van der Waals surface area contributed by atoms with Gasteiger partial charge in [0.05, 0.1) is 12.7 Å². The maximum Gasteiger partial charge on any atom is 0.251 e. The van der Waals surface area contributed by atoms with Gasteiger partial charge < -0.3 is 20.2 Å². The van der Waals surface area contributed by atoms with Crippen LogP contribution >= 0.6 is 0 Å². The lowest BCUT2D eigenvalue weighted by atomic mass is 10.2. The number of aliphatic hydroxyl groups is 1. The van der Waals surface area contributed by atoms with Gasteiger partial charge in [-0.1, -0.05) is 0 Å². The molecule has 0 spiro atoms. The second-order valence-electron chi connectivity index (χ2n) is 4.63. The second kappa shape index (κ2) is 7.44. The SMILES string of the molecule is Cc1cnc(CNc2ccc(C(=O)NCCCO)cc2)o1. The Morgan fingerprint density at radius 2 is 2.10 bits per heavy atom. The number of hydrogen-bond donors (Lipinski definition) is 3. The molecule has 0 fully saturated rings. The van der Waals surface area contributed by atoms with E-state index in [2.05, 4.69) is 15.6 Å². The lowest BCUT2D eigenvalue weighted by Gasteiger charge is -2.06. The van der Waals surface area contributed by atoms with E-state index in [1.807, 2.05) is 19.1 Å². The number of carbonyl (C=O) groups excluding carboxylic acids is 1. The van der Waals surface area contributed by atoms with E-state index in [1.54, 1.807) is 18.3 Å². The molecular weight excluding hydrogens is 270 g/mol. The zero-order valence-corrected chi connectivity index (χ0v) is 11.9. The first kappa shape index (κ1) is 15.1. The number of nitrogens with zero attached hydrogens (tertiary/aromatic N) is 1. The fourth-order valence-corrected chi connectivity index (χ4v) is 1.78. The van der Waals surface area contributed by atoms with Crippen LogP contribution in [0.2, 0.25) is 0 Å². The van der Waals surface area contributed by atoms with Gasteiger partial charge in [-0.2, -0.15) is 0 Å². The summed E-state index contributed by atoms with van der Waals surface area (Å²) in [6.07, 6.45) is 2.23. The van der Waals surface area contributed by atoms with E-state index in [0.717, 1.165) is 11.4 Å². The normalized spacial score (nSPS) is 10.4. The van der Waals surface area contributed by atoms with E-state index in [4.69, 9.17) is 9.52 Å². The van der Waals surface area contributed by atoms with Crippen LogP contribution in [0, 0.1) is 6.92 Å². The quantitative estimate of drug-likeness (QED) is 0.675. The monoisotopic (exact) mass is 289 g/mol. The van der Waals surface area contributed by atoms with Gasteiger partial charge in [-0.3, -0.25) is 4.79 Å². The number of carbonyl (C=O) groups is 1. The molecule has 0 unspecified atom stereocenters. The third kappa shape index (κ3) is 4.61. The van der Waals surface area contributed by atoms with Gasteiger partial charge in [-0.15, -0.1) is 0 Å². The van der Waals surface area contributed by atoms with Gasteiger partial charge in [0, 0.05) is 24.4 Å². The number of aromatic nitrogens is 1. The zero-order chi connectivity index (χ0) is 15.1. The Bertz CT molecular complexity index is 578. The molecule has 0 aliphatic heterocycles. The third-order valence-electron chi connectivity index (χ3n) is 2.88. The first-order valence-electron chi connectivity index (χ1n) is 6.83. The van der Waals surface area contributed by atoms with Gasteiger partial charge in [0.25, 0.3) is 5.91 Å². The van der Waals surface area contributed by atoms with Crippen LogP contribution in [0.4, 0.5) is 5.69 Å².